The lowest BCUT2D eigenvalue weighted by Crippen LogP contribution is -2.33. The first-order valence-electron chi connectivity index (χ1n) is 14.2. The largest absolute Gasteiger partial charge is 0.493 e. The number of carboxylic acid groups (broad SMARTS) is 1. The summed E-state index contributed by atoms with van der Waals surface area (Å²) in [5.74, 6) is -1.36. The Kier molecular flexibility index (Phi) is 8.86. The van der Waals surface area contributed by atoms with E-state index in [0.29, 0.717) is 52.7 Å². The number of carbonyl (C=O) groups excluding carboxylic acids is 2. The van der Waals surface area contributed by atoms with E-state index in [4.69, 9.17) is 14.6 Å². The third-order valence-electron chi connectivity index (χ3n) is 7.26. The molecule has 228 valence electrons. The molecule has 1 aliphatic rings. The van der Waals surface area contributed by atoms with Crippen molar-refractivity contribution in [2.75, 3.05) is 18.1 Å². The van der Waals surface area contributed by atoms with Crippen molar-refractivity contribution in [3.05, 3.63) is 101 Å². The molecular formula is C33H32N2O8S. The zero-order valence-corrected chi connectivity index (χ0v) is 25.1. The van der Waals surface area contributed by atoms with Gasteiger partial charge in [0.1, 0.15) is 11.5 Å². The Morgan fingerprint density at radius 2 is 1.41 bits per heavy atom. The molecule has 0 aliphatic carbocycles. The third-order valence-corrected chi connectivity index (χ3v) is 8.51. The number of carboxylic acids is 1. The molecule has 0 fully saturated rings. The van der Waals surface area contributed by atoms with Gasteiger partial charge in [-0.05, 0) is 42.7 Å². The predicted molar refractivity (Wildman–Crippen MR) is 165 cm³/mol. The van der Waals surface area contributed by atoms with E-state index in [0.717, 1.165) is 16.3 Å². The SMILES string of the molecule is CCOc1c2c(c(OCC)c3ccccc13)C(=O)N(c1ccc(CS(=O)(=O)NC(=O)Cc3ccccc3CC(=O)O)cc1)C2. The summed E-state index contributed by atoms with van der Waals surface area (Å²) in [6, 6.07) is 20.7. The molecule has 44 heavy (non-hydrogen) atoms. The fourth-order valence-electron chi connectivity index (χ4n) is 5.46. The molecule has 10 nitrogen and oxygen atoms in total. The number of aliphatic carboxylic acids is 1. The number of nitrogens with zero attached hydrogens (tertiary/aromatic N) is 1. The lowest BCUT2D eigenvalue weighted by molar-refractivity contribution is -0.136. The van der Waals surface area contributed by atoms with Crippen LogP contribution in [-0.2, 0) is 44.8 Å². The summed E-state index contributed by atoms with van der Waals surface area (Å²) in [4.78, 5) is 39.1. The van der Waals surface area contributed by atoms with Crippen molar-refractivity contribution < 1.29 is 37.4 Å². The van der Waals surface area contributed by atoms with E-state index < -0.39 is 27.7 Å². The predicted octanol–water partition coefficient (Wildman–Crippen LogP) is 4.61. The maximum atomic E-state index is 13.8. The van der Waals surface area contributed by atoms with Gasteiger partial charge in [0.25, 0.3) is 5.91 Å². The van der Waals surface area contributed by atoms with Crippen molar-refractivity contribution in [1.29, 1.82) is 0 Å². The van der Waals surface area contributed by atoms with E-state index in [1.54, 1.807) is 53.4 Å². The Morgan fingerprint density at radius 3 is 2.02 bits per heavy atom. The second-order valence-electron chi connectivity index (χ2n) is 10.3. The summed E-state index contributed by atoms with van der Waals surface area (Å²) in [6.45, 7) is 4.81. The smallest absolute Gasteiger partial charge is 0.307 e. The summed E-state index contributed by atoms with van der Waals surface area (Å²) in [6.07, 6.45) is -0.550. The number of hydrogen-bond donors (Lipinski definition) is 2. The molecule has 2 amide bonds. The van der Waals surface area contributed by atoms with Crippen molar-refractivity contribution in [2.24, 2.45) is 0 Å². The minimum absolute atomic E-state index is 0.244. The Labute approximate surface area is 255 Å². The van der Waals surface area contributed by atoms with Gasteiger partial charge in [0.2, 0.25) is 15.9 Å². The highest BCUT2D eigenvalue weighted by Crippen LogP contribution is 2.46. The van der Waals surface area contributed by atoms with Gasteiger partial charge in [-0.3, -0.25) is 19.1 Å². The van der Waals surface area contributed by atoms with Crippen LogP contribution in [0.1, 0.15) is 46.5 Å². The summed E-state index contributed by atoms with van der Waals surface area (Å²) in [5.41, 5.74) is 3.06. The van der Waals surface area contributed by atoms with Crippen LogP contribution in [0.4, 0.5) is 5.69 Å². The van der Waals surface area contributed by atoms with Crippen molar-refractivity contribution in [1.82, 2.24) is 4.72 Å². The number of ether oxygens (including phenoxy) is 2. The van der Waals surface area contributed by atoms with Crippen LogP contribution < -0.4 is 19.1 Å². The van der Waals surface area contributed by atoms with Gasteiger partial charge in [-0.25, -0.2) is 8.42 Å². The molecule has 1 heterocycles. The molecule has 1 aliphatic heterocycles. The van der Waals surface area contributed by atoms with Crippen LogP contribution in [0, 0.1) is 0 Å². The maximum Gasteiger partial charge on any atom is 0.307 e. The minimum atomic E-state index is -4.05. The summed E-state index contributed by atoms with van der Waals surface area (Å²) < 4.78 is 39.7. The number of carbonyl (C=O) groups is 3. The topological polar surface area (TPSA) is 139 Å². The number of sulfonamides is 1. The lowest BCUT2D eigenvalue weighted by atomic mass is 9.99. The van der Waals surface area contributed by atoms with E-state index >= 15 is 0 Å². The normalized spacial score (nSPS) is 12.7. The summed E-state index contributed by atoms with van der Waals surface area (Å²) >= 11 is 0. The molecule has 2 N–H and O–H groups in total. The molecule has 0 saturated carbocycles. The fourth-order valence-corrected chi connectivity index (χ4v) is 6.58. The molecule has 0 radical (unpaired) electrons. The van der Waals surface area contributed by atoms with Crippen LogP contribution in [-0.4, -0.2) is 44.5 Å². The highest BCUT2D eigenvalue weighted by Gasteiger charge is 2.36. The average molecular weight is 617 g/mol. The Bertz CT molecular complexity index is 1850. The molecule has 4 aromatic carbocycles. The number of benzene rings is 4. The zero-order valence-electron chi connectivity index (χ0n) is 24.3. The van der Waals surface area contributed by atoms with Gasteiger partial charge in [0.15, 0.2) is 0 Å². The van der Waals surface area contributed by atoms with Gasteiger partial charge in [-0.1, -0.05) is 60.7 Å². The van der Waals surface area contributed by atoms with Gasteiger partial charge in [0, 0.05) is 22.0 Å². The zero-order chi connectivity index (χ0) is 31.4. The Hall–Kier alpha value is -4.90. The number of anilines is 1. The van der Waals surface area contributed by atoms with Gasteiger partial charge < -0.3 is 19.5 Å². The second kappa shape index (κ2) is 12.8. The molecule has 0 saturated heterocycles. The molecule has 5 rings (SSSR count). The number of amides is 2. The van der Waals surface area contributed by atoms with Crippen LogP contribution in [0.25, 0.3) is 10.8 Å². The van der Waals surface area contributed by atoms with E-state index in [-0.39, 0.29) is 25.3 Å². The van der Waals surface area contributed by atoms with E-state index in [1.165, 1.54) is 0 Å². The monoisotopic (exact) mass is 616 g/mol. The van der Waals surface area contributed by atoms with Crippen molar-refractivity contribution in [3.63, 3.8) is 0 Å². The van der Waals surface area contributed by atoms with Crippen LogP contribution >= 0.6 is 0 Å². The first-order valence-corrected chi connectivity index (χ1v) is 15.8. The van der Waals surface area contributed by atoms with Crippen molar-refractivity contribution in [2.45, 2.75) is 39.0 Å². The highest BCUT2D eigenvalue weighted by molar-refractivity contribution is 7.89. The molecular weight excluding hydrogens is 584 g/mol. The van der Waals surface area contributed by atoms with Gasteiger partial charge in [-0.15, -0.1) is 0 Å². The summed E-state index contributed by atoms with van der Waals surface area (Å²) in [5, 5.41) is 10.8. The molecule has 0 unspecified atom stereocenters. The molecule has 0 spiro atoms. The van der Waals surface area contributed by atoms with Gasteiger partial charge >= 0.3 is 5.97 Å². The van der Waals surface area contributed by atoms with Crippen molar-refractivity contribution in [3.8, 4) is 11.5 Å². The molecule has 0 aromatic heterocycles. The van der Waals surface area contributed by atoms with E-state index in [1.807, 2.05) is 38.1 Å². The first kappa shape index (κ1) is 30.6. The quantitative estimate of drug-likeness (QED) is 0.235. The van der Waals surface area contributed by atoms with Crippen LogP contribution in [0.5, 0.6) is 11.5 Å². The number of nitrogens with one attached hydrogen (secondary N) is 1. The number of hydrogen-bond acceptors (Lipinski definition) is 7. The van der Waals surface area contributed by atoms with Crippen LogP contribution in [0.15, 0.2) is 72.8 Å². The lowest BCUT2D eigenvalue weighted by Gasteiger charge is -2.16. The van der Waals surface area contributed by atoms with Gasteiger partial charge in [-0.2, -0.15) is 0 Å². The summed E-state index contributed by atoms with van der Waals surface area (Å²) in [7, 11) is -4.05. The molecule has 0 bridgehead atoms. The van der Waals surface area contributed by atoms with Gasteiger partial charge in [0.05, 0.1) is 43.9 Å². The standard InChI is InChI=1S/C33H32N2O8S/c1-3-42-31-25-11-7-8-12-26(25)32(43-4-2)30-27(31)19-35(33(30)39)24-15-13-21(14-16-24)20-44(40,41)34-28(36)17-22-9-5-6-10-23(22)18-29(37)38/h5-16H,3-4,17-20H2,1-2H3,(H,34,36)(H,37,38). The maximum absolute atomic E-state index is 13.8. The first-order chi connectivity index (χ1) is 21.1. The second-order valence-corrected chi connectivity index (χ2v) is 12.0. The van der Waals surface area contributed by atoms with Crippen molar-refractivity contribution >= 4 is 44.3 Å². The van der Waals surface area contributed by atoms with E-state index in [9.17, 15) is 22.8 Å². The molecule has 11 heteroatoms. The Morgan fingerprint density at radius 1 is 0.841 bits per heavy atom. The molecule has 4 aromatic rings. The van der Waals surface area contributed by atoms with Crippen LogP contribution in [0.2, 0.25) is 0 Å². The number of fused-ring (bicyclic) bond motifs is 2. The van der Waals surface area contributed by atoms with E-state index in [2.05, 4.69) is 4.72 Å². The van der Waals surface area contributed by atoms with Crippen LogP contribution in [0.3, 0.4) is 0 Å². The molecule has 0 atom stereocenters. The average Bonchev–Trinajstić information content (AvgIpc) is 3.32. The third kappa shape index (κ3) is 6.37. The fraction of sp³-hybridized carbons (Fsp3) is 0.242. The highest BCUT2D eigenvalue weighted by atomic mass is 32.2. The Balaban J connectivity index is 1.33. The minimum Gasteiger partial charge on any atom is -0.493 e. The number of rotatable bonds is 12.